The maximum Gasteiger partial charge on any atom is 0.294 e. The zero-order valence-electron chi connectivity index (χ0n) is 9.88. The molecule has 0 aromatic carbocycles. The third kappa shape index (κ3) is 1.61. The van der Waals surface area contributed by atoms with Crippen LogP contribution >= 0.6 is 0 Å². The SMILES string of the molecule is Cc1c(O)c(=O)[nH]c2nc(N3CCOCC3)nn12. The van der Waals surface area contributed by atoms with E-state index in [2.05, 4.69) is 15.1 Å². The number of fused-ring (bicyclic) bond motifs is 1. The molecule has 3 heterocycles. The second-order valence-electron chi connectivity index (χ2n) is 4.13. The van der Waals surface area contributed by atoms with Crippen LogP contribution in [-0.4, -0.2) is 51.0 Å². The number of hydrogen-bond donors (Lipinski definition) is 2. The van der Waals surface area contributed by atoms with E-state index in [1.807, 2.05) is 4.90 Å². The van der Waals surface area contributed by atoms with Gasteiger partial charge in [-0.25, -0.2) is 0 Å². The summed E-state index contributed by atoms with van der Waals surface area (Å²) in [5.74, 6) is 0.528. The van der Waals surface area contributed by atoms with Crippen LogP contribution in [0, 0.1) is 6.92 Å². The summed E-state index contributed by atoms with van der Waals surface area (Å²) in [4.78, 5) is 20.1. The smallest absolute Gasteiger partial charge is 0.294 e. The summed E-state index contributed by atoms with van der Waals surface area (Å²) in [6.07, 6.45) is 0. The van der Waals surface area contributed by atoms with Crippen molar-refractivity contribution in [3.63, 3.8) is 0 Å². The number of aromatic hydroxyl groups is 1. The van der Waals surface area contributed by atoms with Crippen molar-refractivity contribution in [2.75, 3.05) is 31.2 Å². The zero-order valence-corrected chi connectivity index (χ0v) is 9.88. The standard InChI is InChI=1S/C10H13N5O3/c1-6-7(16)8(17)11-9-12-10(13-15(6)9)14-2-4-18-5-3-14/h16H,2-5H2,1H3,(H,11,12,13,17). The monoisotopic (exact) mass is 251 g/mol. The molecule has 2 aromatic heterocycles. The molecular formula is C10H13N5O3. The molecule has 0 bridgehead atoms. The number of aromatic nitrogens is 4. The van der Waals surface area contributed by atoms with E-state index in [0.717, 1.165) is 0 Å². The van der Waals surface area contributed by atoms with Crippen molar-refractivity contribution in [3.8, 4) is 5.75 Å². The summed E-state index contributed by atoms with van der Waals surface area (Å²) in [5, 5.41) is 13.8. The van der Waals surface area contributed by atoms with Gasteiger partial charge in [0.1, 0.15) is 0 Å². The lowest BCUT2D eigenvalue weighted by Gasteiger charge is -2.25. The lowest BCUT2D eigenvalue weighted by atomic mass is 10.4. The van der Waals surface area contributed by atoms with Crippen LogP contribution in [0.25, 0.3) is 5.78 Å². The van der Waals surface area contributed by atoms with Gasteiger partial charge in [-0.2, -0.15) is 9.50 Å². The Kier molecular flexibility index (Phi) is 2.44. The summed E-state index contributed by atoms with van der Waals surface area (Å²) >= 11 is 0. The molecule has 8 heteroatoms. The summed E-state index contributed by atoms with van der Waals surface area (Å²) in [6.45, 7) is 4.32. The average Bonchev–Trinajstić information content (AvgIpc) is 2.81. The number of H-pyrrole nitrogens is 1. The van der Waals surface area contributed by atoms with Crippen LogP contribution in [-0.2, 0) is 4.74 Å². The minimum Gasteiger partial charge on any atom is -0.502 e. The average molecular weight is 251 g/mol. The molecule has 1 aliphatic heterocycles. The number of aromatic amines is 1. The molecule has 0 atom stereocenters. The van der Waals surface area contributed by atoms with Crippen molar-refractivity contribution in [2.45, 2.75) is 6.92 Å². The molecule has 3 rings (SSSR count). The highest BCUT2D eigenvalue weighted by molar-refractivity contribution is 5.42. The van der Waals surface area contributed by atoms with Crippen LogP contribution in [0.1, 0.15) is 5.69 Å². The van der Waals surface area contributed by atoms with Crippen molar-refractivity contribution in [2.24, 2.45) is 0 Å². The molecule has 1 saturated heterocycles. The minimum absolute atomic E-state index is 0.330. The molecule has 8 nitrogen and oxygen atoms in total. The maximum absolute atomic E-state index is 11.4. The Morgan fingerprint density at radius 2 is 2.11 bits per heavy atom. The summed E-state index contributed by atoms with van der Waals surface area (Å²) in [5.41, 5.74) is -0.179. The molecule has 2 aromatic rings. The molecular weight excluding hydrogens is 238 g/mol. The fourth-order valence-electron chi connectivity index (χ4n) is 1.94. The van der Waals surface area contributed by atoms with Gasteiger partial charge in [-0.3, -0.25) is 9.78 Å². The Morgan fingerprint density at radius 1 is 1.39 bits per heavy atom. The highest BCUT2D eigenvalue weighted by Crippen LogP contribution is 2.14. The Labute approximate surface area is 102 Å². The number of rotatable bonds is 1. The predicted molar refractivity (Wildman–Crippen MR) is 63.0 cm³/mol. The van der Waals surface area contributed by atoms with Crippen LogP contribution in [0.15, 0.2) is 4.79 Å². The van der Waals surface area contributed by atoms with Gasteiger partial charge < -0.3 is 14.7 Å². The van der Waals surface area contributed by atoms with E-state index in [4.69, 9.17) is 4.74 Å². The van der Waals surface area contributed by atoms with Gasteiger partial charge in [0.05, 0.1) is 18.9 Å². The Balaban J connectivity index is 2.10. The van der Waals surface area contributed by atoms with E-state index in [1.54, 1.807) is 6.92 Å². The van der Waals surface area contributed by atoms with Crippen LogP contribution in [0.2, 0.25) is 0 Å². The van der Waals surface area contributed by atoms with Crippen molar-refractivity contribution < 1.29 is 9.84 Å². The highest BCUT2D eigenvalue weighted by Gasteiger charge is 2.18. The largest absolute Gasteiger partial charge is 0.502 e. The molecule has 2 N–H and O–H groups in total. The van der Waals surface area contributed by atoms with E-state index in [-0.39, 0.29) is 5.75 Å². The van der Waals surface area contributed by atoms with Gasteiger partial charge in [-0.1, -0.05) is 0 Å². The summed E-state index contributed by atoms with van der Waals surface area (Å²) in [6, 6.07) is 0. The third-order valence-corrected chi connectivity index (χ3v) is 2.99. The van der Waals surface area contributed by atoms with E-state index in [9.17, 15) is 9.90 Å². The number of nitrogens with one attached hydrogen (secondary N) is 1. The van der Waals surface area contributed by atoms with E-state index in [1.165, 1.54) is 4.52 Å². The zero-order chi connectivity index (χ0) is 12.7. The van der Waals surface area contributed by atoms with Crippen molar-refractivity contribution in [1.29, 1.82) is 0 Å². The molecule has 0 aliphatic carbocycles. The first kappa shape index (κ1) is 11.0. The van der Waals surface area contributed by atoms with Crippen molar-refractivity contribution >= 4 is 11.7 Å². The quantitative estimate of drug-likeness (QED) is 0.693. The highest BCUT2D eigenvalue weighted by atomic mass is 16.5. The topological polar surface area (TPSA) is 95.7 Å². The molecule has 0 unspecified atom stereocenters. The number of hydrogen-bond acceptors (Lipinski definition) is 6. The first-order valence-corrected chi connectivity index (χ1v) is 5.68. The molecule has 18 heavy (non-hydrogen) atoms. The van der Waals surface area contributed by atoms with Crippen molar-refractivity contribution in [1.82, 2.24) is 19.6 Å². The summed E-state index contributed by atoms with van der Waals surface area (Å²) in [7, 11) is 0. The number of morpholine rings is 1. The molecule has 1 aliphatic rings. The number of ether oxygens (including phenoxy) is 1. The van der Waals surface area contributed by atoms with E-state index < -0.39 is 5.56 Å². The normalized spacial score (nSPS) is 16.4. The Morgan fingerprint density at radius 3 is 2.83 bits per heavy atom. The first-order chi connectivity index (χ1) is 8.66. The predicted octanol–water partition coefficient (Wildman–Crippen LogP) is -0.732. The van der Waals surface area contributed by atoms with Crippen LogP contribution in [0.4, 0.5) is 5.95 Å². The minimum atomic E-state index is -0.555. The molecule has 0 amide bonds. The molecule has 0 saturated carbocycles. The van der Waals surface area contributed by atoms with Gasteiger partial charge >= 0.3 is 0 Å². The molecule has 1 fully saturated rings. The van der Waals surface area contributed by atoms with Gasteiger partial charge in [0.2, 0.25) is 17.5 Å². The van der Waals surface area contributed by atoms with Gasteiger partial charge in [0, 0.05) is 13.1 Å². The van der Waals surface area contributed by atoms with E-state index in [0.29, 0.717) is 43.7 Å². The Hall–Kier alpha value is -2.09. The van der Waals surface area contributed by atoms with Gasteiger partial charge in [-0.15, -0.1) is 5.10 Å². The number of aryl methyl sites for hydroxylation is 1. The third-order valence-electron chi connectivity index (χ3n) is 2.99. The molecule has 0 radical (unpaired) electrons. The van der Waals surface area contributed by atoms with Crippen LogP contribution < -0.4 is 10.5 Å². The fraction of sp³-hybridized carbons (Fsp3) is 0.500. The summed E-state index contributed by atoms with van der Waals surface area (Å²) < 4.78 is 6.69. The van der Waals surface area contributed by atoms with Gasteiger partial charge in [-0.05, 0) is 6.92 Å². The van der Waals surface area contributed by atoms with Crippen molar-refractivity contribution in [3.05, 3.63) is 16.0 Å². The Bertz CT molecular complexity index is 641. The molecule has 96 valence electrons. The second-order valence-corrected chi connectivity index (χ2v) is 4.13. The number of anilines is 1. The second kappa shape index (κ2) is 3.98. The lowest BCUT2D eigenvalue weighted by Crippen LogP contribution is -2.36. The fourth-order valence-corrected chi connectivity index (χ4v) is 1.94. The van der Waals surface area contributed by atoms with Crippen LogP contribution in [0.5, 0.6) is 5.75 Å². The molecule has 0 spiro atoms. The van der Waals surface area contributed by atoms with E-state index >= 15 is 0 Å². The number of nitrogens with zero attached hydrogens (tertiary/aromatic N) is 4. The maximum atomic E-state index is 11.4. The lowest BCUT2D eigenvalue weighted by molar-refractivity contribution is 0.122. The van der Waals surface area contributed by atoms with Gasteiger partial charge in [0.15, 0.2) is 0 Å². The first-order valence-electron chi connectivity index (χ1n) is 5.68. The van der Waals surface area contributed by atoms with Gasteiger partial charge in [0.25, 0.3) is 5.56 Å². The van der Waals surface area contributed by atoms with Crippen LogP contribution in [0.3, 0.4) is 0 Å².